The fraction of sp³-hybridized carbons (Fsp3) is 0.400. The van der Waals surface area contributed by atoms with E-state index in [1.165, 1.54) is 11.6 Å². The smallest absolute Gasteiger partial charge is 0.244 e. The van der Waals surface area contributed by atoms with Gasteiger partial charge in [-0.2, -0.15) is 0 Å². The molecule has 0 fully saturated rings. The number of amides is 1. The van der Waals surface area contributed by atoms with Crippen LogP contribution in [0, 0.1) is 13.8 Å². The van der Waals surface area contributed by atoms with Crippen molar-refractivity contribution in [2.75, 3.05) is 6.61 Å². The first-order valence-corrected chi connectivity index (χ1v) is 6.02. The van der Waals surface area contributed by atoms with E-state index in [4.69, 9.17) is 5.11 Å². The monoisotopic (exact) mass is 247 g/mol. The van der Waals surface area contributed by atoms with Gasteiger partial charge in [-0.1, -0.05) is 23.8 Å². The van der Waals surface area contributed by atoms with E-state index in [0.717, 1.165) is 11.1 Å². The molecule has 18 heavy (non-hydrogen) atoms. The highest BCUT2D eigenvalue weighted by Gasteiger charge is 2.17. The van der Waals surface area contributed by atoms with Gasteiger partial charge in [0.25, 0.3) is 0 Å². The van der Waals surface area contributed by atoms with Crippen molar-refractivity contribution < 1.29 is 9.90 Å². The third-order valence-corrected chi connectivity index (χ3v) is 2.70. The van der Waals surface area contributed by atoms with Crippen molar-refractivity contribution in [2.45, 2.75) is 33.2 Å². The molecule has 0 aliphatic rings. The van der Waals surface area contributed by atoms with Gasteiger partial charge < -0.3 is 10.4 Å². The summed E-state index contributed by atoms with van der Waals surface area (Å²) >= 11 is 0. The molecule has 1 amide bonds. The summed E-state index contributed by atoms with van der Waals surface area (Å²) in [6.07, 6.45) is 3.28. The second-order valence-electron chi connectivity index (χ2n) is 5.22. The standard InChI is InChI=1S/C15H21NO2/c1-11-5-6-13(12(2)9-11)7-8-14(18)16-15(3,4)10-17/h5-9,17H,10H2,1-4H3,(H,16,18)/b8-7+. The fourth-order valence-corrected chi connectivity index (χ4v) is 1.59. The molecule has 0 saturated heterocycles. The zero-order chi connectivity index (χ0) is 13.8. The lowest BCUT2D eigenvalue weighted by molar-refractivity contribution is -0.118. The number of aliphatic hydroxyl groups excluding tert-OH is 1. The van der Waals surface area contributed by atoms with Crippen LogP contribution in [0.3, 0.4) is 0 Å². The molecule has 0 radical (unpaired) electrons. The highest BCUT2D eigenvalue weighted by atomic mass is 16.3. The van der Waals surface area contributed by atoms with Gasteiger partial charge in [-0.05, 0) is 44.9 Å². The van der Waals surface area contributed by atoms with Crippen molar-refractivity contribution >= 4 is 12.0 Å². The van der Waals surface area contributed by atoms with Gasteiger partial charge in [0.2, 0.25) is 5.91 Å². The number of rotatable bonds is 4. The summed E-state index contributed by atoms with van der Waals surface area (Å²) in [6.45, 7) is 7.51. The van der Waals surface area contributed by atoms with E-state index < -0.39 is 5.54 Å². The lowest BCUT2D eigenvalue weighted by Gasteiger charge is -2.22. The topological polar surface area (TPSA) is 49.3 Å². The summed E-state index contributed by atoms with van der Waals surface area (Å²) in [6, 6.07) is 6.09. The van der Waals surface area contributed by atoms with Gasteiger partial charge in [0.05, 0.1) is 12.1 Å². The molecule has 0 saturated carbocycles. The Morgan fingerprint density at radius 2 is 2.06 bits per heavy atom. The number of hydrogen-bond donors (Lipinski definition) is 2. The van der Waals surface area contributed by atoms with Crippen LogP contribution in [-0.2, 0) is 4.79 Å². The molecule has 0 aliphatic heterocycles. The molecule has 0 atom stereocenters. The van der Waals surface area contributed by atoms with Gasteiger partial charge in [-0.25, -0.2) is 0 Å². The van der Waals surface area contributed by atoms with E-state index >= 15 is 0 Å². The molecule has 3 nitrogen and oxygen atoms in total. The summed E-state index contributed by atoms with van der Waals surface area (Å²) in [5, 5.41) is 11.8. The number of carbonyl (C=O) groups is 1. The van der Waals surface area contributed by atoms with Crippen LogP contribution in [0.2, 0.25) is 0 Å². The first-order valence-electron chi connectivity index (χ1n) is 6.02. The van der Waals surface area contributed by atoms with Crippen molar-refractivity contribution in [3.63, 3.8) is 0 Å². The Kier molecular flexibility index (Phi) is 4.68. The molecule has 0 spiro atoms. The van der Waals surface area contributed by atoms with Crippen molar-refractivity contribution in [1.29, 1.82) is 0 Å². The summed E-state index contributed by atoms with van der Waals surface area (Å²) in [4.78, 5) is 11.7. The average molecular weight is 247 g/mol. The van der Waals surface area contributed by atoms with Crippen LogP contribution in [0.1, 0.15) is 30.5 Å². The van der Waals surface area contributed by atoms with Crippen LogP contribution in [0.15, 0.2) is 24.3 Å². The van der Waals surface area contributed by atoms with Crippen molar-refractivity contribution in [2.24, 2.45) is 0 Å². The van der Waals surface area contributed by atoms with E-state index in [-0.39, 0.29) is 12.5 Å². The molecule has 2 N–H and O–H groups in total. The minimum Gasteiger partial charge on any atom is -0.394 e. The first-order chi connectivity index (χ1) is 8.34. The highest BCUT2D eigenvalue weighted by molar-refractivity contribution is 5.92. The predicted octanol–water partition coefficient (Wildman–Crippen LogP) is 2.20. The molecule has 0 aliphatic carbocycles. The zero-order valence-electron chi connectivity index (χ0n) is 11.4. The van der Waals surface area contributed by atoms with E-state index in [2.05, 4.69) is 11.4 Å². The number of aryl methyl sites for hydroxylation is 2. The third kappa shape index (κ3) is 4.34. The largest absolute Gasteiger partial charge is 0.394 e. The Balaban J connectivity index is 2.72. The Hall–Kier alpha value is -1.61. The zero-order valence-corrected chi connectivity index (χ0v) is 11.4. The van der Waals surface area contributed by atoms with Crippen LogP contribution in [-0.4, -0.2) is 23.2 Å². The third-order valence-electron chi connectivity index (χ3n) is 2.70. The molecular weight excluding hydrogens is 226 g/mol. The maximum Gasteiger partial charge on any atom is 0.244 e. The van der Waals surface area contributed by atoms with Crippen LogP contribution < -0.4 is 5.32 Å². The second-order valence-corrected chi connectivity index (χ2v) is 5.22. The SMILES string of the molecule is Cc1ccc(/C=C/C(=O)NC(C)(C)CO)c(C)c1. The molecule has 0 aromatic heterocycles. The summed E-state index contributed by atoms with van der Waals surface area (Å²) in [7, 11) is 0. The number of nitrogens with one attached hydrogen (secondary N) is 1. The number of hydrogen-bond acceptors (Lipinski definition) is 2. The molecular formula is C15H21NO2. The van der Waals surface area contributed by atoms with Crippen molar-refractivity contribution in [3.05, 3.63) is 41.0 Å². The van der Waals surface area contributed by atoms with E-state index in [0.29, 0.717) is 0 Å². The maximum atomic E-state index is 11.7. The van der Waals surface area contributed by atoms with Gasteiger partial charge in [-0.15, -0.1) is 0 Å². The van der Waals surface area contributed by atoms with Gasteiger partial charge >= 0.3 is 0 Å². The molecule has 3 heteroatoms. The van der Waals surface area contributed by atoms with Crippen LogP contribution in [0.5, 0.6) is 0 Å². The van der Waals surface area contributed by atoms with Gasteiger partial charge in [0.15, 0.2) is 0 Å². The Bertz CT molecular complexity index is 462. The van der Waals surface area contributed by atoms with E-state index in [1.807, 2.05) is 26.0 Å². The molecule has 0 bridgehead atoms. The molecule has 1 aromatic rings. The first kappa shape index (κ1) is 14.5. The summed E-state index contributed by atoms with van der Waals surface area (Å²) in [5.41, 5.74) is 2.78. The van der Waals surface area contributed by atoms with Crippen LogP contribution >= 0.6 is 0 Å². The molecule has 0 unspecified atom stereocenters. The fourth-order valence-electron chi connectivity index (χ4n) is 1.59. The normalized spacial score (nSPS) is 11.8. The minimum atomic E-state index is -0.594. The minimum absolute atomic E-state index is 0.0872. The Labute approximate surface area is 109 Å². The molecule has 0 heterocycles. The second kappa shape index (κ2) is 5.83. The van der Waals surface area contributed by atoms with Crippen LogP contribution in [0.25, 0.3) is 6.08 Å². The Morgan fingerprint density at radius 3 is 2.61 bits per heavy atom. The van der Waals surface area contributed by atoms with Crippen LogP contribution in [0.4, 0.5) is 0 Å². The summed E-state index contributed by atoms with van der Waals surface area (Å²) in [5.74, 6) is -0.200. The lowest BCUT2D eigenvalue weighted by Crippen LogP contribution is -2.45. The van der Waals surface area contributed by atoms with Crippen molar-refractivity contribution in [1.82, 2.24) is 5.32 Å². The lowest BCUT2D eigenvalue weighted by atomic mass is 10.0. The highest BCUT2D eigenvalue weighted by Crippen LogP contribution is 2.12. The van der Waals surface area contributed by atoms with Gasteiger partial charge in [0.1, 0.15) is 0 Å². The van der Waals surface area contributed by atoms with E-state index in [1.54, 1.807) is 19.9 Å². The predicted molar refractivity (Wildman–Crippen MR) is 74.3 cm³/mol. The average Bonchev–Trinajstić information content (AvgIpc) is 2.27. The molecule has 1 aromatic carbocycles. The maximum absolute atomic E-state index is 11.7. The number of carbonyl (C=O) groups excluding carboxylic acids is 1. The molecule has 1 rings (SSSR count). The summed E-state index contributed by atoms with van der Waals surface area (Å²) < 4.78 is 0. The van der Waals surface area contributed by atoms with Gasteiger partial charge in [0, 0.05) is 6.08 Å². The number of benzene rings is 1. The Morgan fingerprint density at radius 1 is 1.39 bits per heavy atom. The van der Waals surface area contributed by atoms with Crippen molar-refractivity contribution in [3.8, 4) is 0 Å². The van der Waals surface area contributed by atoms with Gasteiger partial charge in [-0.3, -0.25) is 4.79 Å². The quantitative estimate of drug-likeness (QED) is 0.801. The molecule has 98 valence electrons. The van der Waals surface area contributed by atoms with E-state index in [9.17, 15) is 4.79 Å². The number of aliphatic hydroxyl groups is 1.